The molecule has 31 heavy (non-hydrogen) atoms. The van der Waals surface area contributed by atoms with Crippen LogP contribution in [0.1, 0.15) is 20.3 Å². The molecule has 1 atom stereocenters. The van der Waals surface area contributed by atoms with E-state index in [1.54, 1.807) is 35.1 Å². The summed E-state index contributed by atoms with van der Waals surface area (Å²) in [7, 11) is 1.54. The molecule has 164 valence electrons. The van der Waals surface area contributed by atoms with Crippen LogP contribution in [0, 0.1) is 0 Å². The van der Waals surface area contributed by atoms with Crippen molar-refractivity contribution in [1.29, 1.82) is 0 Å². The third-order valence-corrected chi connectivity index (χ3v) is 5.18. The summed E-state index contributed by atoms with van der Waals surface area (Å²) in [6.07, 6.45) is 0.209. The molecule has 1 aliphatic rings. The van der Waals surface area contributed by atoms with E-state index in [4.69, 9.17) is 4.74 Å². The van der Waals surface area contributed by atoms with E-state index in [0.717, 1.165) is 0 Å². The zero-order valence-corrected chi connectivity index (χ0v) is 18.1. The van der Waals surface area contributed by atoms with E-state index in [-0.39, 0.29) is 43.3 Å². The monoisotopic (exact) mass is 424 g/mol. The number of anilines is 3. The number of benzene rings is 2. The highest BCUT2D eigenvalue weighted by Gasteiger charge is 2.30. The van der Waals surface area contributed by atoms with Gasteiger partial charge in [0, 0.05) is 12.5 Å². The lowest BCUT2D eigenvalue weighted by Gasteiger charge is -2.30. The van der Waals surface area contributed by atoms with Crippen molar-refractivity contribution in [2.24, 2.45) is 0 Å². The first-order valence-corrected chi connectivity index (χ1v) is 10.3. The number of para-hydroxylation sites is 4. The summed E-state index contributed by atoms with van der Waals surface area (Å²) in [5, 5.41) is 5.69. The van der Waals surface area contributed by atoms with Gasteiger partial charge in [-0.1, -0.05) is 31.2 Å². The van der Waals surface area contributed by atoms with Crippen molar-refractivity contribution in [3.63, 3.8) is 0 Å². The van der Waals surface area contributed by atoms with Crippen LogP contribution in [-0.2, 0) is 14.4 Å². The summed E-state index contributed by atoms with van der Waals surface area (Å²) in [4.78, 5) is 41.4. The summed E-state index contributed by atoms with van der Waals surface area (Å²) < 4.78 is 5.26. The molecular formula is C23H28N4O4. The van der Waals surface area contributed by atoms with Gasteiger partial charge in [-0.3, -0.25) is 19.3 Å². The number of rotatable bonds is 7. The Hall–Kier alpha value is -3.39. The molecule has 0 fully saturated rings. The summed E-state index contributed by atoms with van der Waals surface area (Å²) in [6, 6.07) is 14.1. The molecule has 0 saturated heterocycles. The number of nitrogens with one attached hydrogen (secondary N) is 2. The molecule has 0 spiro atoms. The lowest BCUT2D eigenvalue weighted by molar-refractivity contribution is -0.121. The standard InChI is InChI=1S/C23H28N4O4/c1-4-26(14-22(29)25-18-10-6-8-12-20(18)31-3)15-23(30)27-16(2)13-21(28)24-17-9-5-7-11-19(17)27/h5-12,16H,4,13-15H2,1-3H3,(H,24,28)(H,25,29)/t16-/m1/s1. The normalized spacial score (nSPS) is 15.7. The largest absolute Gasteiger partial charge is 0.495 e. The van der Waals surface area contributed by atoms with Crippen molar-refractivity contribution in [1.82, 2.24) is 4.90 Å². The van der Waals surface area contributed by atoms with E-state index in [1.165, 1.54) is 0 Å². The minimum atomic E-state index is -0.294. The van der Waals surface area contributed by atoms with Crippen molar-refractivity contribution in [3.05, 3.63) is 48.5 Å². The van der Waals surface area contributed by atoms with Gasteiger partial charge < -0.3 is 20.3 Å². The average molecular weight is 425 g/mol. The Labute approximate surface area is 182 Å². The summed E-state index contributed by atoms with van der Waals surface area (Å²) >= 11 is 0. The number of hydrogen-bond donors (Lipinski definition) is 2. The molecule has 0 aliphatic carbocycles. The maximum atomic E-state index is 13.2. The molecule has 8 nitrogen and oxygen atoms in total. The first-order chi connectivity index (χ1) is 14.9. The topological polar surface area (TPSA) is 91.0 Å². The van der Waals surface area contributed by atoms with Crippen LogP contribution in [0.4, 0.5) is 17.1 Å². The molecule has 8 heteroatoms. The quantitative estimate of drug-likeness (QED) is 0.713. The molecule has 2 aromatic carbocycles. The Kier molecular flexibility index (Phi) is 7.25. The second kappa shape index (κ2) is 10.1. The molecule has 0 unspecified atom stereocenters. The van der Waals surface area contributed by atoms with Crippen LogP contribution in [0.25, 0.3) is 0 Å². The summed E-state index contributed by atoms with van der Waals surface area (Å²) in [5.74, 6) is 0.0459. The van der Waals surface area contributed by atoms with Gasteiger partial charge in [0.15, 0.2) is 0 Å². The van der Waals surface area contributed by atoms with Crippen LogP contribution < -0.4 is 20.3 Å². The molecule has 0 radical (unpaired) electrons. The fourth-order valence-electron chi connectivity index (χ4n) is 3.66. The van der Waals surface area contributed by atoms with Crippen LogP contribution in [0.5, 0.6) is 5.75 Å². The van der Waals surface area contributed by atoms with Gasteiger partial charge in [-0.2, -0.15) is 0 Å². The molecule has 1 aliphatic heterocycles. The summed E-state index contributed by atoms with van der Waals surface area (Å²) in [5.41, 5.74) is 1.86. The molecule has 0 saturated carbocycles. The van der Waals surface area contributed by atoms with E-state index in [1.807, 2.05) is 44.2 Å². The Morgan fingerprint density at radius 2 is 1.87 bits per heavy atom. The van der Waals surface area contributed by atoms with Crippen LogP contribution in [0.2, 0.25) is 0 Å². The second-order valence-electron chi connectivity index (χ2n) is 7.43. The minimum Gasteiger partial charge on any atom is -0.495 e. The number of amides is 3. The molecule has 3 rings (SSSR count). The molecule has 2 N–H and O–H groups in total. The number of carbonyl (C=O) groups is 3. The zero-order chi connectivity index (χ0) is 22.4. The number of carbonyl (C=O) groups excluding carboxylic acids is 3. The van der Waals surface area contributed by atoms with E-state index >= 15 is 0 Å². The van der Waals surface area contributed by atoms with Crippen LogP contribution in [-0.4, -0.2) is 55.4 Å². The Morgan fingerprint density at radius 3 is 2.61 bits per heavy atom. The van der Waals surface area contributed by atoms with Gasteiger partial charge >= 0.3 is 0 Å². The van der Waals surface area contributed by atoms with E-state index in [9.17, 15) is 14.4 Å². The smallest absolute Gasteiger partial charge is 0.241 e. The number of fused-ring (bicyclic) bond motifs is 1. The van der Waals surface area contributed by atoms with Gasteiger partial charge in [0.05, 0.1) is 37.3 Å². The Morgan fingerprint density at radius 1 is 1.16 bits per heavy atom. The Balaban J connectivity index is 1.70. The predicted octanol–water partition coefficient (Wildman–Crippen LogP) is 2.72. The van der Waals surface area contributed by atoms with Crippen molar-refractivity contribution < 1.29 is 19.1 Å². The third kappa shape index (κ3) is 5.40. The van der Waals surface area contributed by atoms with Crippen LogP contribution >= 0.6 is 0 Å². The number of nitrogens with zero attached hydrogens (tertiary/aromatic N) is 2. The van der Waals surface area contributed by atoms with Gasteiger partial charge in [-0.15, -0.1) is 0 Å². The number of methoxy groups -OCH3 is 1. The van der Waals surface area contributed by atoms with Crippen LogP contribution in [0.15, 0.2) is 48.5 Å². The van der Waals surface area contributed by atoms with Crippen molar-refractivity contribution in [3.8, 4) is 5.75 Å². The Bertz CT molecular complexity index is 962. The van der Waals surface area contributed by atoms with Gasteiger partial charge in [0.1, 0.15) is 5.75 Å². The molecule has 3 amide bonds. The SMILES string of the molecule is CCN(CC(=O)Nc1ccccc1OC)CC(=O)N1c2ccccc2NC(=O)C[C@H]1C. The van der Waals surface area contributed by atoms with Gasteiger partial charge in [0.2, 0.25) is 17.7 Å². The highest BCUT2D eigenvalue weighted by molar-refractivity contribution is 6.05. The van der Waals surface area contributed by atoms with Gasteiger partial charge in [0.25, 0.3) is 0 Å². The lowest BCUT2D eigenvalue weighted by atomic mass is 10.1. The number of likely N-dealkylation sites (N-methyl/N-ethyl adjacent to an activating group) is 1. The molecule has 2 aromatic rings. The van der Waals surface area contributed by atoms with E-state index in [2.05, 4.69) is 10.6 Å². The van der Waals surface area contributed by atoms with Crippen molar-refractivity contribution >= 4 is 34.8 Å². The average Bonchev–Trinajstić information content (AvgIpc) is 2.87. The molecule has 0 aromatic heterocycles. The number of hydrogen-bond acceptors (Lipinski definition) is 5. The van der Waals surface area contributed by atoms with Crippen LogP contribution in [0.3, 0.4) is 0 Å². The molecule has 0 bridgehead atoms. The second-order valence-corrected chi connectivity index (χ2v) is 7.43. The number of ether oxygens (including phenoxy) is 1. The maximum absolute atomic E-state index is 13.2. The van der Waals surface area contributed by atoms with E-state index < -0.39 is 0 Å². The zero-order valence-electron chi connectivity index (χ0n) is 18.1. The van der Waals surface area contributed by atoms with Gasteiger partial charge in [-0.05, 0) is 37.7 Å². The highest BCUT2D eigenvalue weighted by Crippen LogP contribution is 2.31. The minimum absolute atomic E-state index is 0.0569. The molecule has 1 heterocycles. The maximum Gasteiger partial charge on any atom is 0.241 e. The highest BCUT2D eigenvalue weighted by atomic mass is 16.5. The van der Waals surface area contributed by atoms with E-state index in [0.29, 0.717) is 29.4 Å². The fraction of sp³-hybridized carbons (Fsp3) is 0.348. The fourth-order valence-corrected chi connectivity index (χ4v) is 3.66. The van der Waals surface area contributed by atoms with Crippen molar-refractivity contribution in [2.75, 3.05) is 42.3 Å². The van der Waals surface area contributed by atoms with Gasteiger partial charge in [-0.25, -0.2) is 0 Å². The van der Waals surface area contributed by atoms with Crippen molar-refractivity contribution in [2.45, 2.75) is 26.3 Å². The third-order valence-electron chi connectivity index (χ3n) is 5.18. The first-order valence-electron chi connectivity index (χ1n) is 10.3. The predicted molar refractivity (Wildman–Crippen MR) is 120 cm³/mol. The molecular weight excluding hydrogens is 396 g/mol. The lowest BCUT2D eigenvalue weighted by Crippen LogP contribution is -2.46. The first kappa shape index (κ1) is 22.3. The summed E-state index contributed by atoms with van der Waals surface area (Å²) in [6.45, 7) is 4.38.